The van der Waals surface area contributed by atoms with Crippen molar-refractivity contribution >= 4 is 5.91 Å². The van der Waals surface area contributed by atoms with Crippen LogP contribution in [0, 0.1) is 11.6 Å². The van der Waals surface area contributed by atoms with Crippen molar-refractivity contribution in [1.29, 1.82) is 0 Å². The van der Waals surface area contributed by atoms with Crippen LogP contribution in [-0.4, -0.2) is 28.4 Å². The summed E-state index contributed by atoms with van der Waals surface area (Å²) in [5.41, 5.74) is 1.20. The highest BCUT2D eigenvalue weighted by Gasteiger charge is 2.30. The monoisotopic (exact) mass is 345 g/mol. The average molecular weight is 345 g/mol. The zero-order chi connectivity index (χ0) is 17.8. The molecule has 4 nitrogen and oxygen atoms in total. The SMILES string of the molecule is C[C@H](N[C@H]1CCCN(Cc2ccc(F)cc2F)C1=O)c1ccccn1. The smallest absolute Gasteiger partial charge is 0.240 e. The molecule has 2 aromatic rings. The average Bonchev–Trinajstić information content (AvgIpc) is 2.61. The Balaban J connectivity index is 1.66. The van der Waals surface area contributed by atoms with Gasteiger partial charge in [-0.1, -0.05) is 12.1 Å². The van der Waals surface area contributed by atoms with Crippen LogP contribution >= 0.6 is 0 Å². The van der Waals surface area contributed by atoms with Gasteiger partial charge in [-0.05, 0) is 38.0 Å². The maximum absolute atomic E-state index is 13.9. The summed E-state index contributed by atoms with van der Waals surface area (Å²) < 4.78 is 26.9. The predicted octanol–water partition coefficient (Wildman–Crippen LogP) is 3.20. The molecule has 2 atom stereocenters. The number of nitrogens with zero attached hydrogens (tertiary/aromatic N) is 2. The molecule has 1 fully saturated rings. The first-order chi connectivity index (χ1) is 12.0. The molecule has 1 saturated heterocycles. The van der Waals surface area contributed by atoms with E-state index >= 15 is 0 Å². The molecule has 6 heteroatoms. The van der Waals surface area contributed by atoms with Crippen molar-refractivity contribution in [3.8, 4) is 0 Å². The van der Waals surface area contributed by atoms with Crippen molar-refractivity contribution in [1.82, 2.24) is 15.2 Å². The van der Waals surface area contributed by atoms with Crippen LogP contribution in [0.25, 0.3) is 0 Å². The normalized spacial score (nSPS) is 19.1. The van der Waals surface area contributed by atoms with Crippen molar-refractivity contribution < 1.29 is 13.6 Å². The van der Waals surface area contributed by atoms with Gasteiger partial charge in [0.15, 0.2) is 0 Å². The molecule has 0 bridgehead atoms. The van der Waals surface area contributed by atoms with Crippen LogP contribution in [0.1, 0.15) is 37.1 Å². The Hall–Kier alpha value is -2.34. The van der Waals surface area contributed by atoms with Crippen molar-refractivity contribution in [3.05, 3.63) is 65.5 Å². The number of aromatic nitrogens is 1. The molecule has 0 unspecified atom stereocenters. The molecule has 1 N–H and O–H groups in total. The van der Waals surface area contributed by atoms with Gasteiger partial charge in [-0.3, -0.25) is 15.1 Å². The number of carbonyl (C=O) groups is 1. The Kier molecular flexibility index (Phi) is 5.38. The zero-order valence-corrected chi connectivity index (χ0v) is 14.1. The molecule has 25 heavy (non-hydrogen) atoms. The first-order valence-electron chi connectivity index (χ1n) is 8.44. The second kappa shape index (κ2) is 7.70. The summed E-state index contributed by atoms with van der Waals surface area (Å²) in [6, 6.07) is 8.75. The van der Waals surface area contributed by atoms with Crippen LogP contribution in [0.2, 0.25) is 0 Å². The Morgan fingerprint density at radius 1 is 1.32 bits per heavy atom. The third kappa shape index (κ3) is 4.20. The van der Waals surface area contributed by atoms with E-state index in [4.69, 9.17) is 0 Å². The van der Waals surface area contributed by atoms with Crippen molar-refractivity contribution in [2.24, 2.45) is 0 Å². The minimum absolute atomic E-state index is 0.0576. The van der Waals surface area contributed by atoms with E-state index in [9.17, 15) is 13.6 Å². The lowest BCUT2D eigenvalue weighted by Gasteiger charge is -2.34. The molecule has 0 spiro atoms. The Bertz CT molecular complexity index is 739. The van der Waals surface area contributed by atoms with E-state index < -0.39 is 11.6 Å². The summed E-state index contributed by atoms with van der Waals surface area (Å²) in [4.78, 5) is 18.7. The van der Waals surface area contributed by atoms with E-state index in [-0.39, 0.29) is 24.5 Å². The van der Waals surface area contributed by atoms with Gasteiger partial charge in [0.2, 0.25) is 5.91 Å². The van der Waals surface area contributed by atoms with Crippen LogP contribution in [0.5, 0.6) is 0 Å². The molecule has 1 amide bonds. The third-order valence-electron chi connectivity index (χ3n) is 4.49. The van der Waals surface area contributed by atoms with Gasteiger partial charge in [0.1, 0.15) is 11.6 Å². The summed E-state index contributed by atoms with van der Waals surface area (Å²) in [6.07, 6.45) is 3.29. The molecule has 0 radical (unpaired) electrons. The van der Waals surface area contributed by atoms with E-state index in [0.717, 1.165) is 24.6 Å². The number of hydrogen-bond acceptors (Lipinski definition) is 3. The largest absolute Gasteiger partial charge is 0.337 e. The van der Waals surface area contributed by atoms with E-state index in [0.29, 0.717) is 12.1 Å². The first kappa shape index (κ1) is 17.5. The van der Waals surface area contributed by atoms with Gasteiger partial charge < -0.3 is 4.90 Å². The number of benzene rings is 1. The molecule has 2 heterocycles. The van der Waals surface area contributed by atoms with E-state index in [1.54, 1.807) is 11.1 Å². The highest BCUT2D eigenvalue weighted by atomic mass is 19.1. The summed E-state index contributed by atoms with van der Waals surface area (Å²) >= 11 is 0. The van der Waals surface area contributed by atoms with Gasteiger partial charge in [0.25, 0.3) is 0 Å². The van der Waals surface area contributed by atoms with E-state index in [1.165, 1.54) is 12.1 Å². The maximum atomic E-state index is 13.9. The number of likely N-dealkylation sites (tertiary alicyclic amines) is 1. The lowest BCUT2D eigenvalue weighted by molar-refractivity contribution is -0.136. The first-order valence-corrected chi connectivity index (χ1v) is 8.44. The lowest BCUT2D eigenvalue weighted by atomic mass is 10.0. The standard InChI is InChI=1S/C19H21F2N3O/c1-13(17-5-2-3-9-22-17)23-18-6-4-10-24(19(18)25)12-14-7-8-15(20)11-16(14)21/h2-3,5,7-9,11,13,18,23H,4,6,10,12H2,1H3/t13-,18-/m0/s1. The third-order valence-corrected chi connectivity index (χ3v) is 4.49. The highest BCUT2D eigenvalue weighted by molar-refractivity contribution is 5.82. The fraction of sp³-hybridized carbons (Fsp3) is 0.368. The molecule has 3 rings (SSSR count). The fourth-order valence-electron chi connectivity index (χ4n) is 3.13. The van der Waals surface area contributed by atoms with Crippen LogP contribution in [-0.2, 0) is 11.3 Å². The molecule has 1 aliphatic rings. The van der Waals surface area contributed by atoms with E-state index in [2.05, 4.69) is 10.3 Å². The number of hydrogen-bond donors (Lipinski definition) is 1. The Morgan fingerprint density at radius 2 is 2.16 bits per heavy atom. The Labute approximate surface area is 145 Å². The fourth-order valence-corrected chi connectivity index (χ4v) is 3.13. The van der Waals surface area contributed by atoms with Gasteiger partial charge in [-0.2, -0.15) is 0 Å². The van der Waals surface area contributed by atoms with Crippen LogP contribution in [0.3, 0.4) is 0 Å². The number of amides is 1. The number of halogens is 2. The number of pyridine rings is 1. The number of nitrogens with one attached hydrogen (secondary N) is 1. The molecule has 0 aliphatic carbocycles. The second-order valence-electron chi connectivity index (χ2n) is 6.33. The summed E-state index contributed by atoms with van der Waals surface area (Å²) in [5, 5.41) is 3.32. The molecule has 0 saturated carbocycles. The van der Waals surface area contributed by atoms with E-state index in [1.807, 2.05) is 25.1 Å². The number of carbonyl (C=O) groups excluding carboxylic acids is 1. The number of piperidine rings is 1. The van der Waals surface area contributed by atoms with Crippen molar-refractivity contribution in [2.75, 3.05) is 6.54 Å². The minimum atomic E-state index is -0.621. The minimum Gasteiger partial charge on any atom is -0.337 e. The van der Waals surface area contributed by atoms with Crippen molar-refractivity contribution in [3.63, 3.8) is 0 Å². The molecular formula is C19H21F2N3O. The van der Waals surface area contributed by atoms with Crippen LogP contribution in [0.15, 0.2) is 42.6 Å². The van der Waals surface area contributed by atoms with Crippen LogP contribution < -0.4 is 5.32 Å². The Morgan fingerprint density at radius 3 is 2.88 bits per heavy atom. The van der Waals surface area contributed by atoms with Gasteiger partial charge >= 0.3 is 0 Å². The molecule has 1 aromatic carbocycles. The maximum Gasteiger partial charge on any atom is 0.240 e. The van der Waals surface area contributed by atoms with Gasteiger partial charge in [-0.15, -0.1) is 0 Å². The molecule has 1 aliphatic heterocycles. The topological polar surface area (TPSA) is 45.2 Å². The van der Waals surface area contributed by atoms with Gasteiger partial charge in [0, 0.05) is 37.0 Å². The lowest BCUT2D eigenvalue weighted by Crippen LogP contribution is -2.50. The summed E-state index contributed by atoms with van der Waals surface area (Å²) in [5.74, 6) is -1.29. The predicted molar refractivity (Wildman–Crippen MR) is 90.6 cm³/mol. The zero-order valence-electron chi connectivity index (χ0n) is 14.1. The van der Waals surface area contributed by atoms with Crippen LogP contribution in [0.4, 0.5) is 8.78 Å². The molecule has 1 aromatic heterocycles. The quantitative estimate of drug-likeness (QED) is 0.905. The van der Waals surface area contributed by atoms with Gasteiger partial charge in [-0.25, -0.2) is 8.78 Å². The molecular weight excluding hydrogens is 324 g/mol. The summed E-state index contributed by atoms with van der Waals surface area (Å²) in [6.45, 7) is 2.70. The van der Waals surface area contributed by atoms with Crippen molar-refractivity contribution in [2.45, 2.75) is 38.4 Å². The second-order valence-corrected chi connectivity index (χ2v) is 6.33. The molecule has 132 valence electrons. The highest BCUT2D eigenvalue weighted by Crippen LogP contribution is 2.20. The van der Waals surface area contributed by atoms with Gasteiger partial charge in [0.05, 0.1) is 11.7 Å². The number of rotatable bonds is 5. The summed E-state index contributed by atoms with van der Waals surface area (Å²) in [7, 11) is 0.